The van der Waals surface area contributed by atoms with Crippen LogP contribution in [0.2, 0.25) is 0 Å². The predicted molar refractivity (Wildman–Crippen MR) is 76.6 cm³/mol. The van der Waals surface area contributed by atoms with Gasteiger partial charge < -0.3 is 10.6 Å². The van der Waals surface area contributed by atoms with Gasteiger partial charge in [0.2, 0.25) is 0 Å². The van der Waals surface area contributed by atoms with Gasteiger partial charge in [-0.25, -0.2) is 0 Å². The summed E-state index contributed by atoms with van der Waals surface area (Å²) in [6.45, 7) is 5.13. The number of unbranched alkanes of at least 4 members (excludes halogenated alkanes) is 2. The molecule has 1 unspecified atom stereocenters. The molecule has 1 rings (SSSR count). The van der Waals surface area contributed by atoms with Crippen LogP contribution in [-0.2, 0) is 0 Å². The Labute approximate surface area is 106 Å². The van der Waals surface area contributed by atoms with Gasteiger partial charge in [-0.3, -0.25) is 0 Å². The fraction of sp³-hybridized carbons (Fsp3) is 0.600. The highest BCUT2D eigenvalue weighted by atomic mass is 15.1. The minimum absolute atomic E-state index is 0.461. The summed E-state index contributed by atoms with van der Waals surface area (Å²) < 4.78 is 0. The van der Waals surface area contributed by atoms with Crippen molar-refractivity contribution in [1.29, 1.82) is 0 Å². The molecule has 0 aliphatic rings. The Morgan fingerprint density at radius 1 is 1.24 bits per heavy atom. The van der Waals surface area contributed by atoms with Crippen molar-refractivity contribution in [3.63, 3.8) is 0 Å². The Kier molecular flexibility index (Phi) is 6.06. The Morgan fingerprint density at radius 2 is 1.94 bits per heavy atom. The quantitative estimate of drug-likeness (QED) is 0.733. The summed E-state index contributed by atoms with van der Waals surface area (Å²) in [6, 6.07) is 8.98. The summed E-state index contributed by atoms with van der Waals surface area (Å²) in [6.07, 6.45) is 5.03. The molecule has 0 amide bonds. The third-order valence-corrected chi connectivity index (χ3v) is 3.46. The molecule has 0 heterocycles. The van der Waals surface area contributed by atoms with Gasteiger partial charge in [-0.05, 0) is 25.0 Å². The van der Waals surface area contributed by atoms with Gasteiger partial charge in [0.1, 0.15) is 0 Å². The van der Waals surface area contributed by atoms with E-state index in [-0.39, 0.29) is 0 Å². The van der Waals surface area contributed by atoms with Crippen molar-refractivity contribution in [1.82, 2.24) is 0 Å². The fourth-order valence-corrected chi connectivity index (χ4v) is 2.26. The van der Waals surface area contributed by atoms with E-state index in [1.807, 2.05) is 0 Å². The van der Waals surface area contributed by atoms with Crippen molar-refractivity contribution < 1.29 is 0 Å². The van der Waals surface area contributed by atoms with Gasteiger partial charge in [0.15, 0.2) is 0 Å². The van der Waals surface area contributed by atoms with Gasteiger partial charge in [-0.2, -0.15) is 0 Å². The summed E-state index contributed by atoms with van der Waals surface area (Å²) in [7, 11) is 2.16. The molecule has 17 heavy (non-hydrogen) atoms. The highest BCUT2D eigenvalue weighted by molar-refractivity contribution is 5.53. The lowest BCUT2D eigenvalue weighted by molar-refractivity contribution is 0.543. The number of hydrogen-bond acceptors (Lipinski definition) is 2. The standard InChI is InChI=1S/C15H26N2/c1-4-5-6-10-14(12-16)17(3)15-11-8-7-9-13(15)2/h7-9,11,14H,4-6,10,12,16H2,1-3H3. The number of para-hydroxylation sites is 1. The smallest absolute Gasteiger partial charge is 0.0409 e. The minimum atomic E-state index is 0.461. The van der Waals surface area contributed by atoms with Gasteiger partial charge in [0, 0.05) is 25.3 Å². The maximum atomic E-state index is 5.90. The second-order valence-corrected chi connectivity index (χ2v) is 4.78. The zero-order valence-electron chi connectivity index (χ0n) is 11.4. The number of aryl methyl sites for hydroxylation is 1. The zero-order valence-corrected chi connectivity index (χ0v) is 11.4. The molecule has 0 aromatic heterocycles. The van der Waals surface area contributed by atoms with Crippen molar-refractivity contribution in [2.24, 2.45) is 5.73 Å². The molecule has 0 aliphatic carbocycles. The number of likely N-dealkylation sites (N-methyl/N-ethyl adjacent to an activating group) is 1. The van der Waals surface area contributed by atoms with Crippen molar-refractivity contribution in [2.75, 3.05) is 18.5 Å². The number of nitrogens with zero attached hydrogens (tertiary/aromatic N) is 1. The number of anilines is 1. The third kappa shape index (κ3) is 4.04. The summed E-state index contributed by atoms with van der Waals surface area (Å²) in [5.74, 6) is 0. The van der Waals surface area contributed by atoms with Crippen LogP contribution in [0.1, 0.15) is 38.2 Å². The molecule has 2 nitrogen and oxygen atoms in total. The Morgan fingerprint density at radius 3 is 2.53 bits per heavy atom. The van der Waals surface area contributed by atoms with Crippen LogP contribution in [0.25, 0.3) is 0 Å². The van der Waals surface area contributed by atoms with Crippen molar-refractivity contribution >= 4 is 5.69 Å². The molecule has 2 N–H and O–H groups in total. The van der Waals surface area contributed by atoms with Gasteiger partial charge in [-0.1, -0.05) is 44.4 Å². The van der Waals surface area contributed by atoms with Gasteiger partial charge in [0.05, 0.1) is 0 Å². The first-order chi connectivity index (χ1) is 8.20. The van der Waals surface area contributed by atoms with Crippen molar-refractivity contribution in [3.05, 3.63) is 29.8 Å². The van der Waals surface area contributed by atoms with E-state index in [0.717, 1.165) is 6.54 Å². The molecular weight excluding hydrogens is 208 g/mol. The van der Waals surface area contributed by atoms with E-state index in [1.54, 1.807) is 0 Å². The molecule has 0 saturated heterocycles. The van der Waals surface area contributed by atoms with Gasteiger partial charge in [0.25, 0.3) is 0 Å². The molecule has 2 heteroatoms. The molecule has 0 spiro atoms. The van der Waals surface area contributed by atoms with E-state index in [2.05, 4.69) is 50.1 Å². The van der Waals surface area contributed by atoms with E-state index in [4.69, 9.17) is 5.73 Å². The Bertz CT molecular complexity index is 322. The van der Waals surface area contributed by atoms with E-state index in [0.29, 0.717) is 6.04 Å². The monoisotopic (exact) mass is 234 g/mol. The molecule has 0 fully saturated rings. The lowest BCUT2D eigenvalue weighted by Crippen LogP contribution is -2.38. The number of hydrogen-bond donors (Lipinski definition) is 1. The van der Waals surface area contributed by atoms with Crippen LogP contribution in [0.3, 0.4) is 0 Å². The van der Waals surface area contributed by atoms with Crippen molar-refractivity contribution in [2.45, 2.75) is 45.6 Å². The minimum Gasteiger partial charge on any atom is -0.370 e. The summed E-state index contributed by atoms with van der Waals surface area (Å²) >= 11 is 0. The Hall–Kier alpha value is -1.02. The first kappa shape index (κ1) is 14.0. The largest absolute Gasteiger partial charge is 0.370 e. The molecule has 0 radical (unpaired) electrons. The van der Waals surface area contributed by atoms with E-state index >= 15 is 0 Å². The first-order valence-corrected chi connectivity index (χ1v) is 6.69. The predicted octanol–water partition coefficient (Wildman–Crippen LogP) is 3.34. The normalized spacial score (nSPS) is 12.5. The van der Waals surface area contributed by atoms with Gasteiger partial charge in [-0.15, -0.1) is 0 Å². The lowest BCUT2D eigenvalue weighted by Gasteiger charge is -2.30. The van der Waals surface area contributed by atoms with Gasteiger partial charge >= 0.3 is 0 Å². The second kappa shape index (κ2) is 7.33. The number of nitrogens with two attached hydrogens (primary N) is 1. The summed E-state index contributed by atoms with van der Waals surface area (Å²) in [5.41, 5.74) is 8.53. The number of benzene rings is 1. The average Bonchev–Trinajstić information content (AvgIpc) is 2.35. The molecular formula is C15H26N2. The SMILES string of the molecule is CCCCCC(CN)N(C)c1ccccc1C. The van der Waals surface area contributed by atoms with E-state index in [1.165, 1.54) is 36.9 Å². The van der Waals surface area contributed by atoms with Crippen LogP contribution in [0.15, 0.2) is 24.3 Å². The fourth-order valence-electron chi connectivity index (χ4n) is 2.26. The van der Waals surface area contributed by atoms with Crippen LogP contribution < -0.4 is 10.6 Å². The van der Waals surface area contributed by atoms with E-state index in [9.17, 15) is 0 Å². The number of rotatable bonds is 7. The molecule has 1 aromatic carbocycles. The van der Waals surface area contributed by atoms with E-state index < -0.39 is 0 Å². The van der Waals surface area contributed by atoms with Crippen LogP contribution in [0.5, 0.6) is 0 Å². The Balaban J connectivity index is 2.65. The highest BCUT2D eigenvalue weighted by Gasteiger charge is 2.14. The first-order valence-electron chi connectivity index (χ1n) is 6.69. The maximum absolute atomic E-state index is 5.90. The topological polar surface area (TPSA) is 29.3 Å². The van der Waals surface area contributed by atoms with Crippen LogP contribution >= 0.6 is 0 Å². The molecule has 96 valence electrons. The molecule has 0 aliphatic heterocycles. The highest BCUT2D eigenvalue weighted by Crippen LogP contribution is 2.21. The maximum Gasteiger partial charge on any atom is 0.0409 e. The summed E-state index contributed by atoms with van der Waals surface area (Å²) in [4.78, 5) is 2.34. The van der Waals surface area contributed by atoms with Crippen LogP contribution in [0.4, 0.5) is 5.69 Å². The summed E-state index contributed by atoms with van der Waals surface area (Å²) in [5, 5.41) is 0. The van der Waals surface area contributed by atoms with Crippen LogP contribution in [-0.4, -0.2) is 19.6 Å². The van der Waals surface area contributed by atoms with Crippen molar-refractivity contribution in [3.8, 4) is 0 Å². The second-order valence-electron chi connectivity index (χ2n) is 4.78. The molecule has 1 aromatic rings. The third-order valence-electron chi connectivity index (χ3n) is 3.46. The lowest BCUT2D eigenvalue weighted by atomic mass is 10.1. The zero-order chi connectivity index (χ0) is 12.7. The van der Waals surface area contributed by atoms with Crippen LogP contribution in [0, 0.1) is 6.92 Å². The molecule has 0 bridgehead atoms. The molecule has 1 atom stereocenters. The molecule has 0 saturated carbocycles. The average molecular weight is 234 g/mol.